The van der Waals surface area contributed by atoms with Crippen molar-refractivity contribution in [2.45, 2.75) is 0 Å². The van der Waals surface area contributed by atoms with Crippen LogP contribution in [-0.2, 0) is 30.1 Å². The van der Waals surface area contributed by atoms with Gasteiger partial charge in [-0.2, -0.15) is 25.3 Å². The van der Waals surface area contributed by atoms with Crippen molar-refractivity contribution >= 4 is 30.1 Å². The summed E-state index contributed by atoms with van der Waals surface area (Å²) in [6.07, 6.45) is 0. The lowest BCUT2D eigenvalue weighted by atomic mass is 10.2. The SMILES string of the molecule is NS(=O)(=O)C#Cc1ccccc1.NS(=O)(=O)C#Cc1ccccc1.NS(=O)(=O)C#Cc1ccccc1. The van der Waals surface area contributed by atoms with Gasteiger partial charge in [0.25, 0.3) is 30.1 Å². The Morgan fingerprint density at radius 3 is 0.750 bits per heavy atom. The van der Waals surface area contributed by atoms with E-state index in [4.69, 9.17) is 0 Å². The van der Waals surface area contributed by atoms with E-state index in [1.165, 1.54) is 0 Å². The molecule has 0 heterocycles. The molecular formula is C24H21N3O6S3. The van der Waals surface area contributed by atoms with Crippen LogP contribution in [0, 0.1) is 33.5 Å². The highest BCUT2D eigenvalue weighted by atomic mass is 32.2. The molecule has 0 aromatic heterocycles. The Balaban J connectivity index is 0.000000270. The lowest BCUT2D eigenvalue weighted by molar-refractivity contribution is 0.606. The van der Waals surface area contributed by atoms with Gasteiger partial charge in [0.15, 0.2) is 0 Å². The Kier molecular flexibility index (Phi) is 12.1. The van der Waals surface area contributed by atoms with Gasteiger partial charge in [0.2, 0.25) is 0 Å². The molecule has 0 amide bonds. The minimum atomic E-state index is -3.68. The first-order valence-electron chi connectivity index (χ1n) is 9.55. The van der Waals surface area contributed by atoms with Crippen LogP contribution in [0.5, 0.6) is 0 Å². The standard InChI is InChI=1S/3C8H7NO2S/c3*9-12(10,11)7-6-8-4-2-1-3-5-8/h3*1-5H,(H2,9,10,11). The average molecular weight is 544 g/mol. The number of benzene rings is 3. The van der Waals surface area contributed by atoms with Gasteiger partial charge in [0, 0.05) is 32.4 Å². The summed E-state index contributed by atoms with van der Waals surface area (Å²) in [5.41, 5.74) is 1.89. The summed E-state index contributed by atoms with van der Waals surface area (Å²) in [6, 6.07) is 26.3. The van der Waals surface area contributed by atoms with E-state index in [0.29, 0.717) is 16.7 Å². The molecule has 3 aromatic carbocycles. The Labute approximate surface area is 211 Å². The fourth-order valence-electron chi connectivity index (χ4n) is 1.95. The zero-order valence-corrected chi connectivity index (χ0v) is 21.0. The van der Waals surface area contributed by atoms with Gasteiger partial charge in [-0.3, -0.25) is 0 Å². The first-order chi connectivity index (χ1) is 16.7. The van der Waals surface area contributed by atoms with Crippen molar-refractivity contribution in [3.05, 3.63) is 108 Å². The summed E-state index contributed by atoms with van der Waals surface area (Å²) in [6.45, 7) is 0. The van der Waals surface area contributed by atoms with E-state index in [1.54, 1.807) is 72.8 Å². The van der Waals surface area contributed by atoms with Gasteiger partial charge in [-0.15, -0.1) is 0 Å². The molecule has 36 heavy (non-hydrogen) atoms. The maximum Gasteiger partial charge on any atom is 0.278 e. The fraction of sp³-hybridized carbons (Fsp3) is 0. The van der Waals surface area contributed by atoms with E-state index < -0.39 is 30.1 Å². The Morgan fingerprint density at radius 1 is 0.389 bits per heavy atom. The third kappa shape index (κ3) is 17.5. The van der Waals surface area contributed by atoms with Crippen molar-refractivity contribution in [3.63, 3.8) is 0 Å². The van der Waals surface area contributed by atoms with Crippen molar-refractivity contribution in [1.82, 2.24) is 0 Å². The van der Waals surface area contributed by atoms with Crippen molar-refractivity contribution in [2.24, 2.45) is 15.4 Å². The Bertz CT molecular complexity index is 1440. The maximum absolute atomic E-state index is 10.4. The molecule has 0 fully saturated rings. The molecule has 3 rings (SSSR count). The van der Waals surface area contributed by atoms with Crippen molar-refractivity contribution in [1.29, 1.82) is 0 Å². The molecular weight excluding hydrogens is 522 g/mol. The molecule has 0 aliphatic heterocycles. The number of rotatable bonds is 0. The van der Waals surface area contributed by atoms with Crippen LogP contribution in [0.4, 0.5) is 0 Å². The lowest BCUT2D eigenvalue weighted by Crippen LogP contribution is -2.07. The molecule has 0 aliphatic rings. The quantitative estimate of drug-likeness (QED) is 0.353. The van der Waals surface area contributed by atoms with Crippen molar-refractivity contribution in [3.8, 4) is 33.5 Å². The predicted octanol–water partition coefficient (Wildman–Crippen LogP) is 0.852. The molecule has 0 atom stereocenters. The maximum atomic E-state index is 10.4. The third-order valence-corrected chi connectivity index (χ3v) is 4.49. The second kappa shape index (κ2) is 14.5. The van der Waals surface area contributed by atoms with Gasteiger partial charge < -0.3 is 0 Å². The molecule has 0 saturated heterocycles. The molecule has 0 radical (unpaired) electrons. The first-order valence-corrected chi connectivity index (χ1v) is 14.2. The smallest absolute Gasteiger partial charge is 0.218 e. The number of sulfonamides is 3. The zero-order chi connectivity index (χ0) is 27.1. The second-order valence-electron chi connectivity index (χ2n) is 6.41. The molecule has 6 N–H and O–H groups in total. The minimum Gasteiger partial charge on any atom is -0.218 e. The first kappa shape index (κ1) is 30.1. The van der Waals surface area contributed by atoms with Crippen LogP contribution in [0.15, 0.2) is 91.0 Å². The highest BCUT2D eigenvalue weighted by molar-refractivity contribution is 7.94. The largest absolute Gasteiger partial charge is 0.278 e. The Morgan fingerprint density at radius 2 is 0.583 bits per heavy atom. The number of nitrogens with two attached hydrogens (primary N) is 3. The molecule has 0 spiro atoms. The van der Waals surface area contributed by atoms with Gasteiger partial charge in [-0.25, -0.2) is 15.4 Å². The van der Waals surface area contributed by atoms with E-state index in [1.807, 2.05) is 34.0 Å². The second-order valence-corrected chi connectivity index (χ2v) is 10.3. The summed E-state index contributed by atoms with van der Waals surface area (Å²) in [4.78, 5) is 0. The number of hydrogen-bond acceptors (Lipinski definition) is 6. The molecule has 3 aromatic rings. The van der Waals surface area contributed by atoms with E-state index in [-0.39, 0.29) is 0 Å². The van der Waals surface area contributed by atoms with E-state index in [0.717, 1.165) is 0 Å². The van der Waals surface area contributed by atoms with Crippen molar-refractivity contribution < 1.29 is 25.3 Å². The van der Waals surface area contributed by atoms with Crippen LogP contribution in [-0.4, -0.2) is 25.3 Å². The van der Waals surface area contributed by atoms with Crippen LogP contribution in [0.3, 0.4) is 0 Å². The number of primary sulfonamides is 3. The molecule has 186 valence electrons. The summed E-state index contributed by atoms with van der Waals surface area (Å²) < 4.78 is 62.5. The van der Waals surface area contributed by atoms with Gasteiger partial charge in [-0.05, 0) is 54.2 Å². The third-order valence-electron chi connectivity index (χ3n) is 3.33. The van der Waals surface area contributed by atoms with Crippen LogP contribution < -0.4 is 15.4 Å². The highest BCUT2D eigenvalue weighted by Gasteiger charge is 1.93. The molecule has 12 heteroatoms. The monoisotopic (exact) mass is 543 g/mol. The van der Waals surface area contributed by atoms with Gasteiger partial charge in [0.1, 0.15) is 0 Å². The highest BCUT2D eigenvalue weighted by Crippen LogP contribution is 1.96. The fourth-order valence-corrected chi connectivity index (χ4v) is 2.73. The molecule has 0 unspecified atom stereocenters. The Hall–Kier alpha value is -3.93. The van der Waals surface area contributed by atoms with Crippen LogP contribution >= 0.6 is 0 Å². The van der Waals surface area contributed by atoms with Crippen molar-refractivity contribution in [2.75, 3.05) is 0 Å². The van der Waals surface area contributed by atoms with E-state index in [9.17, 15) is 25.3 Å². The van der Waals surface area contributed by atoms with Crippen LogP contribution in [0.25, 0.3) is 0 Å². The zero-order valence-electron chi connectivity index (χ0n) is 18.6. The topological polar surface area (TPSA) is 180 Å². The van der Waals surface area contributed by atoms with Gasteiger partial charge in [-0.1, -0.05) is 54.6 Å². The number of hydrogen-bond donors (Lipinski definition) is 3. The molecule has 0 bridgehead atoms. The minimum absolute atomic E-state index is 0.631. The van der Waals surface area contributed by atoms with Gasteiger partial charge >= 0.3 is 0 Å². The summed E-state index contributed by atoms with van der Waals surface area (Å²) in [7, 11) is -11.1. The van der Waals surface area contributed by atoms with E-state index >= 15 is 0 Å². The summed E-state index contributed by atoms with van der Waals surface area (Å²) in [5.74, 6) is 7.26. The molecule has 9 nitrogen and oxygen atoms in total. The normalized spacial score (nSPS) is 10.1. The van der Waals surface area contributed by atoms with Crippen LogP contribution in [0.1, 0.15) is 16.7 Å². The average Bonchev–Trinajstić information content (AvgIpc) is 2.82. The summed E-state index contributed by atoms with van der Waals surface area (Å²) >= 11 is 0. The predicted molar refractivity (Wildman–Crippen MR) is 139 cm³/mol. The van der Waals surface area contributed by atoms with E-state index in [2.05, 4.69) is 33.2 Å². The summed E-state index contributed by atoms with van der Waals surface area (Å²) in [5, 5.41) is 19.9. The lowest BCUT2D eigenvalue weighted by Gasteiger charge is -1.85. The van der Waals surface area contributed by atoms with Gasteiger partial charge in [0.05, 0.1) is 0 Å². The molecule has 0 saturated carbocycles. The molecule has 0 aliphatic carbocycles. The van der Waals surface area contributed by atoms with Crippen LogP contribution in [0.2, 0.25) is 0 Å².